The van der Waals surface area contributed by atoms with Crippen molar-refractivity contribution in [3.63, 3.8) is 0 Å². The average molecular weight is 341 g/mol. The quantitative estimate of drug-likeness (QED) is 0.865. The number of carbonyl (C=O) groups is 1. The lowest BCUT2D eigenvalue weighted by Crippen LogP contribution is -2.51. The molecule has 1 aromatic carbocycles. The topological polar surface area (TPSA) is 79.4 Å². The fourth-order valence-electron chi connectivity index (χ4n) is 2.55. The largest absolute Gasteiger partial charge is 0.307 e. The first-order chi connectivity index (χ1) is 11.4. The minimum Gasteiger partial charge on any atom is -0.307 e. The van der Waals surface area contributed by atoms with Gasteiger partial charge in [-0.25, -0.2) is 17.7 Å². The van der Waals surface area contributed by atoms with Gasteiger partial charge in [-0.2, -0.15) is 0 Å². The van der Waals surface area contributed by atoms with Crippen LogP contribution in [0.25, 0.3) is 0 Å². The molecule has 0 unspecified atom stereocenters. The Kier molecular flexibility index (Phi) is 3.99. The van der Waals surface area contributed by atoms with E-state index >= 15 is 0 Å². The van der Waals surface area contributed by atoms with Crippen LogP contribution in [0.1, 0.15) is 12.0 Å². The van der Waals surface area contributed by atoms with Gasteiger partial charge in [-0.15, -0.1) is 12.3 Å². The van der Waals surface area contributed by atoms with Crippen molar-refractivity contribution in [2.75, 3.05) is 9.62 Å². The van der Waals surface area contributed by atoms with Gasteiger partial charge in [-0.3, -0.25) is 4.79 Å². The third kappa shape index (κ3) is 2.61. The van der Waals surface area contributed by atoms with Gasteiger partial charge in [-0.05, 0) is 31.2 Å². The zero-order chi connectivity index (χ0) is 17.3. The number of hydrogen-bond acceptors (Lipinski definition) is 4. The Labute approximate surface area is 140 Å². The summed E-state index contributed by atoms with van der Waals surface area (Å²) in [5.74, 6) is 2.08. The van der Waals surface area contributed by atoms with Crippen molar-refractivity contribution in [3.8, 4) is 12.3 Å². The minimum atomic E-state index is -3.96. The van der Waals surface area contributed by atoms with Crippen LogP contribution in [-0.4, -0.2) is 25.4 Å². The van der Waals surface area contributed by atoms with Crippen LogP contribution < -0.4 is 9.62 Å². The average Bonchev–Trinajstić information content (AvgIpc) is 2.56. The highest BCUT2D eigenvalue weighted by Crippen LogP contribution is 2.35. The van der Waals surface area contributed by atoms with E-state index in [4.69, 9.17) is 6.42 Å². The van der Waals surface area contributed by atoms with Gasteiger partial charge in [0.1, 0.15) is 6.04 Å². The second-order valence-corrected chi connectivity index (χ2v) is 7.21. The van der Waals surface area contributed by atoms with E-state index in [2.05, 4.69) is 16.2 Å². The number of fused-ring (bicyclic) bond motifs is 1. The number of carbonyl (C=O) groups excluding carboxylic acids is 1. The molecule has 1 aliphatic rings. The molecule has 122 valence electrons. The molecule has 7 heteroatoms. The molecule has 0 fully saturated rings. The van der Waals surface area contributed by atoms with E-state index in [-0.39, 0.29) is 17.1 Å². The molecular formula is C17H15N3O3S. The fraction of sp³-hybridized carbons (Fsp3) is 0.176. The Morgan fingerprint density at radius 1 is 1.29 bits per heavy atom. The van der Waals surface area contributed by atoms with Gasteiger partial charge in [0.25, 0.3) is 15.9 Å². The maximum atomic E-state index is 13.1. The molecule has 2 heterocycles. The fourth-order valence-corrected chi connectivity index (χ4v) is 4.17. The highest BCUT2D eigenvalue weighted by Gasteiger charge is 2.41. The zero-order valence-corrected chi connectivity index (χ0v) is 13.7. The van der Waals surface area contributed by atoms with Crippen LogP contribution in [0, 0.1) is 19.3 Å². The summed E-state index contributed by atoms with van der Waals surface area (Å²) >= 11 is 0. The summed E-state index contributed by atoms with van der Waals surface area (Å²) in [5, 5.41) is 2.61. The van der Waals surface area contributed by atoms with Gasteiger partial charge in [0.15, 0.2) is 5.82 Å². The number of rotatable bonds is 3. The number of amides is 1. The van der Waals surface area contributed by atoms with Crippen LogP contribution in [0.3, 0.4) is 0 Å². The van der Waals surface area contributed by atoms with Gasteiger partial charge in [0.05, 0.1) is 10.6 Å². The maximum absolute atomic E-state index is 13.1. The number of anilines is 2. The molecule has 3 rings (SSSR count). The number of terminal acetylenes is 1. The molecule has 0 bridgehead atoms. The van der Waals surface area contributed by atoms with Crippen LogP contribution >= 0.6 is 0 Å². The van der Waals surface area contributed by atoms with E-state index in [9.17, 15) is 13.2 Å². The molecule has 24 heavy (non-hydrogen) atoms. The summed E-state index contributed by atoms with van der Waals surface area (Å²) in [6.45, 7) is 1.87. The van der Waals surface area contributed by atoms with Crippen LogP contribution in [-0.2, 0) is 14.8 Å². The monoisotopic (exact) mass is 341 g/mol. The highest BCUT2D eigenvalue weighted by molar-refractivity contribution is 7.93. The zero-order valence-electron chi connectivity index (χ0n) is 12.9. The number of pyridine rings is 1. The maximum Gasteiger partial charge on any atom is 0.265 e. The molecule has 0 spiro atoms. The smallest absolute Gasteiger partial charge is 0.265 e. The van der Waals surface area contributed by atoms with E-state index in [0.717, 1.165) is 9.87 Å². The molecule has 2 aromatic rings. The van der Waals surface area contributed by atoms with Gasteiger partial charge in [0, 0.05) is 12.6 Å². The first-order valence-corrected chi connectivity index (χ1v) is 8.69. The van der Waals surface area contributed by atoms with Crippen molar-refractivity contribution in [1.29, 1.82) is 0 Å². The Balaban J connectivity index is 2.19. The number of aryl methyl sites for hydroxylation is 1. The Morgan fingerprint density at radius 2 is 2.00 bits per heavy atom. The van der Waals surface area contributed by atoms with Crippen molar-refractivity contribution < 1.29 is 13.2 Å². The number of nitrogens with zero attached hydrogens (tertiary/aromatic N) is 2. The standard InChI is InChI=1S/C17H15N3O3S/c1-3-5-15-17(21)19-16-14(6-4-11-18-16)20(15)24(22,23)13-9-7-12(2)8-10-13/h1,4,6-11,15H,5H2,2H3,(H,18,19,21)/t15-/m1/s1. The van der Waals surface area contributed by atoms with Crippen LogP contribution in [0.4, 0.5) is 11.5 Å². The van der Waals surface area contributed by atoms with Crippen molar-refractivity contribution in [1.82, 2.24) is 4.98 Å². The first-order valence-electron chi connectivity index (χ1n) is 7.25. The van der Waals surface area contributed by atoms with Crippen LogP contribution in [0.15, 0.2) is 47.5 Å². The molecule has 0 radical (unpaired) electrons. The second-order valence-electron chi connectivity index (χ2n) is 5.40. The molecule has 1 amide bonds. The lowest BCUT2D eigenvalue weighted by molar-refractivity contribution is -0.117. The third-order valence-electron chi connectivity index (χ3n) is 3.74. The lowest BCUT2D eigenvalue weighted by Gasteiger charge is -2.35. The van der Waals surface area contributed by atoms with E-state index in [1.54, 1.807) is 24.3 Å². The molecule has 1 atom stereocenters. The molecule has 6 nitrogen and oxygen atoms in total. The Bertz CT molecular complexity index is 930. The van der Waals surface area contributed by atoms with Crippen molar-refractivity contribution >= 4 is 27.4 Å². The molecule has 0 saturated heterocycles. The summed E-state index contributed by atoms with van der Waals surface area (Å²) in [7, 11) is -3.96. The summed E-state index contributed by atoms with van der Waals surface area (Å²) in [5.41, 5.74) is 1.24. The first kappa shape index (κ1) is 16.0. The van der Waals surface area contributed by atoms with E-state index < -0.39 is 22.0 Å². The number of nitrogens with one attached hydrogen (secondary N) is 1. The van der Waals surface area contributed by atoms with Crippen LogP contribution in [0.2, 0.25) is 0 Å². The van der Waals surface area contributed by atoms with Gasteiger partial charge in [0.2, 0.25) is 0 Å². The molecule has 1 N–H and O–H groups in total. The predicted octanol–water partition coefficient (Wildman–Crippen LogP) is 1.93. The van der Waals surface area contributed by atoms with Crippen molar-refractivity contribution in [3.05, 3.63) is 48.2 Å². The van der Waals surface area contributed by atoms with Crippen molar-refractivity contribution in [2.24, 2.45) is 0 Å². The molecule has 1 aliphatic heterocycles. The molecule has 1 aromatic heterocycles. The number of benzene rings is 1. The highest BCUT2D eigenvalue weighted by atomic mass is 32.2. The molecular weight excluding hydrogens is 326 g/mol. The van der Waals surface area contributed by atoms with Crippen LogP contribution in [0.5, 0.6) is 0 Å². The summed E-state index contributed by atoms with van der Waals surface area (Å²) < 4.78 is 27.4. The van der Waals surface area contributed by atoms with Gasteiger partial charge < -0.3 is 5.32 Å². The summed E-state index contributed by atoms with van der Waals surface area (Å²) in [4.78, 5) is 16.5. The minimum absolute atomic E-state index is 0.0364. The lowest BCUT2D eigenvalue weighted by atomic mass is 10.1. The normalized spacial score (nSPS) is 16.9. The number of hydrogen-bond donors (Lipinski definition) is 1. The van der Waals surface area contributed by atoms with Gasteiger partial charge in [-0.1, -0.05) is 17.7 Å². The van der Waals surface area contributed by atoms with Crippen molar-refractivity contribution in [2.45, 2.75) is 24.3 Å². The molecule has 0 aliphatic carbocycles. The Hall–Kier alpha value is -2.85. The SMILES string of the molecule is C#CC[C@@H]1C(=O)Nc2ncccc2N1S(=O)(=O)c1ccc(C)cc1. The number of aromatic nitrogens is 1. The predicted molar refractivity (Wildman–Crippen MR) is 90.9 cm³/mol. The van der Waals surface area contributed by atoms with E-state index in [0.29, 0.717) is 5.69 Å². The van der Waals surface area contributed by atoms with E-state index in [1.807, 2.05) is 6.92 Å². The second kappa shape index (κ2) is 5.98. The van der Waals surface area contributed by atoms with Gasteiger partial charge >= 0.3 is 0 Å². The summed E-state index contributed by atoms with van der Waals surface area (Å²) in [6, 6.07) is 8.63. The summed E-state index contributed by atoms with van der Waals surface area (Å²) in [6.07, 6.45) is 6.79. The Morgan fingerprint density at radius 3 is 2.67 bits per heavy atom. The number of sulfonamides is 1. The molecule has 0 saturated carbocycles. The van der Waals surface area contributed by atoms with E-state index in [1.165, 1.54) is 18.3 Å². The third-order valence-corrected chi connectivity index (χ3v) is 5.58.